The topological polar surface area (TPSA) is 106 Å². The van der Waals surface area contributed by atoms with Gasteiger partial charge in [-0.25, -0.2) is 4.98 Å². The number of hydrazine groups is 1. The van der Waals surface area contributed by atoms with Crippen molar-refractivity contribution in [1.82, 2.24) is 15.8 Å². The lowest BCUT2D eigenvalue weighted by Crippen LogP contribution is -2.42. The molecular weight excluding hydrogens is 332 g/mol. The van der Waals surface area contributed by atoms with Crippen molar-refractivity contribution in [3.05, 3.63) is 84.1 Å². The van der Waals surface area contributed by atoms with Crippen molar-refractivity contribution in [3.8, 4) is 11.6 Å². The fourth-order valence-electron chi connectivity index (χ4n) is 2.20. The number of benzene rings is 2. The van der Waals surface area contributed by atoms with E-state index in [4.69, 9.17) is 10.5 Å². The van der Waals surface area contributed by atoms with E-state index >= 15 is 0 Å². The van der Waals surface area contributed by atoms with Crippen LogP contribution in [0.4, 0.5) is 5.69 Å². The molecule has 0 bridgehead atoms. The molecule has 3 aromatic rings. The van der Waals surface area contributed by atoms with Crippen molar-refractivity contribution < 1.29 is 14.3 Å². The van der Waals surface area contributed by atoms with Crippen LogP contribution in [0.5, 0.6) is 11.6 Å². The maximum absolute atomic E-state index is 12.4. The third-order valence-corrected chi connectivity index (χ3v) is 3.47. The number of carbonyl (C=O) groups excluding carboxylic acids is 2. The second-order valence-electron chi connectivity index (χ2n) is 5.27. The zero-order valence-electron chi connectivity index (χ0n) is 13.7. The fraction of sp³-hybridized carbons (Fsp3) is 0. The fourth-order valence-corrected chi connectivity index (χ4v) is 2.20. The molecule has 2 amide bonds. The molecule has 4 N–H and O–H groups in total. The standard InChI is InChI=1S/C19H16N4O3/c20-16-11-5-4-9-14(16)17(24)22-23-18(25)15-10-6-12-21-19(15)26-13-7-2-1-3-8-13/h1-12H,20H2,(H,22,24)(H,23,25). The van der Waals surface area contributed by atoms with E-state index in [-0.39, 0.29) is 17.0 Å². The van der Waals surface area contributed by atoms with Crippen LogP contribution in [0.25, 0.3) is 0 Å². The van der Waals surface area contributed by atoms with E-state index in [1.165, 1.54) is 6.20 Å². The van der Waals surface area contributed by atoms with E-state index in [2.05, 4.69) is 15.8 Å². The largest absolute Gasteiger partial charge is 0.438 e. The number of amides is 2. The minimum absolute atomic E-state index is 0.129. The van der Waals surface area contributed by atoms with E-state index < -0.39 is 11.8 Å². The molecule has 0 saturated carbocycles. The van der Waals surface area contributed by atoms with Crippen LogP contribution in [-0.2, 0) is 0 Å². The summed E-state index contributed by atoms with van der Waals surface area (Å²) in [5.74, 6) is -0.413. The first kappa shape index (κ1) is 17.0. The molecule has 0 saturated heterocycles. The van der Waals surface area contributed by atoms with Crippen molar-refractivity contribution in [3.63, 3.8) is 0 Å². The molecule has 0 radical (unpaired) electrons. The summed E-state index contributed by atoms with van der Waals surface area (Å²) in [4.78, 5) is 28.6. The monoisotopic (exact) mass is 348 g/mol. The van der Waals surface area contributed by atoms with Crippen LogP contribution in [0.1, 0.15) is 20.7 Å². The molecule has 0 aliphatic carbocycles. The summed E-state index contributed by atoms with van der Waals surface area (Å²) in [5.41, 5.74) is 11.2. The molecular formula is C19H16N4O3. The number of nitrogens with zero attached hydrogens (tertiary/aromatic N) is 1. The number of para-hydroxylation sites is 2. The van der Waals surface area contributed by atoms with Crippen LogP contribution >= 0.6 is 0 Å². The number of hydrogen-bond donors (Lipinski definition) is 3. The van der Waals surface area contributed by atoms with Crippen LogP contribution in [0, 0.1) is 0 Å². The summed E-state index contributed by atoms with van der Waals surface area (Å²) >= 11 is 0. The predicted molar refractivity (Wildman–Crippen MR) is 96.5 cm³/mol. The van der Waals surface area contributed by atoms with Crippen molar-refractivity contribution in [2.75, 3.05) is 5.73 Å². The average molecular weight is 348 g/mol. The average Bonchev–Trinajstić information content (AvgIpc) is 2.67. The van der Waals surface area contributed by atoms with Crippen molar-refractivity contribution in [2.45, 2.75) is 0 Å². The number of nitrogen functional groups attached to an aromatic ring is 1. The molecule has 26 heavy (non-hydrogen) atoms. The smallest absolute Gasteiger partial charge is 0.275 e. The number of carbonyl (C=O) groups is 2. The Balaban J connectivity index is 1.70. The maximum atomic E-state index is 12.4. The van der Waals surface area contributed by atoms with E-state index in [0.717, 1.165) is 0 Å². The van der Waals surface area contributed by atoms with Crippen LogP contribution < -0.4 is 21.3 Å². The first-order chi connectivity index (χ1) is 12.6. The Labute approximate surface area is 149 Å². The summed E-state index contributed by atoms with van der Waals surface area (Å²) in [5, 5.41) is 0. The number of nitrogens with two attached hydrogens (primary N) is 1. The molecule has 0 aliphatic rings. The number of pyridine rings is 1. The second kappa shape index (κ2) is 7.80. The van der Waals surface area contributed by atoms with Gasteiger partial charge in [-0.2, -0.15) is 0 Å². The highest BCUT2D eigenvalue weighted by atomic mass is 16.5. The highest BCUT2D eigenvalue weighted by Gasteiger charge is 2.16. The number of anilines is 1. The molecule has 3 rings (SSSR count). The minimum atomic E-state index is -0.563. The van der Waals surface area contributed by atoms with Gasteiger partial charge in [0, 0.05) is 11.9 Å². The lowest BCUT2D eigenvalue weighted by atomic mass is 10.2. The van der Waals surface area contributed by atoms with Crippen molar-refractivity contribution >= 4 is 17.5 Å². The number of nitrogens with one attached hydrogen (secondary N) is 2. The lowest BCUT2D eigenvalue weighted by Gasteiger charge is -2.11. The molecule has 0 atom stereocenters. The van der Waals surface area contributed by atoms with E-state index in [1.54, 1.807) is 48.5 Å². The summed E-state index contributed by atoms with van der Waals surface area (Å²) in [7, 11) is 0. The number of ether oxygens (including phenoxy) is 1. The Bertz CT molecular complexity index is 929. The van der Waals surface area contributed by atoms with Gasteiger partial charge >= 0.3 is 0 Å². The zero-order valence-corrected chi connectivity index (χ0v) is 13.7. The summed E-state index contributed by atoms with van der Waals surface area (Å²) in [6, 6.07) is 18.7. The van der Waals surface area contributed by atoms with Gasteiger partial charge in [0.05, 0.1) is 5.56 Å². The third kappa shape index (κ3) is 3.96. The third-order valence-electron chi connectivity index (χ3n) is 3.47. The Hall–Kier alpha value is -3.87. The molecule has 1 heterocycles. The highest BCUT2D eigenvalue weighted by Crippen LogP contribution is 2.22. The number of aromatic nitrogens is 1. The first-order valence-electron chi connectivity index (χ1n) is 7.78. The van der Waals surface area contributed by atoms with Gasteiger partial charge in [-0.15, -0.1) is 0 Å². The maximum Gasteiger partial charge on any atom is 0.275 e. The summed E-state index contributed by atoms with van der Waals surface area (Å²) in [6.45, 7) is 0. The van der Waals surface area contributed by atoms with Crippen molar-refractivity contribution in [1.29, 1.82) is 0 Å². The summed E-state index contributed by atoms with van der Waals surface area (Å²) < 4.78 is 5.64. The lowest BCUT2D eigenvalue weighted by molar-refractivity contribution is 0.0845. The Kier molecular flexibility index (Phi) is 5.09. The summed E-state index contributed by atoms with van der Waals surface area (Å²) in [6.07, 6.45) is 1.51. The normalized spacial score (nSPS) is 10.0. The zero-order chi connectivity index (χ0) is 18.4. The van der Waals surface area contributed by atoms with Gasteiger partial charge in [0.15, 0.2) is 0 Å². The highest BCUT2D eigenvalue weighted by molar-refractivity contribution is 6.02. The molecule has 2 aromatic carbocycles. The van der Waals surface area contributed by atoms with Crippen LogP contribution in [0.2, 0.25) is 0 Å². The Morgan fingerprint density at radius 3 is 2.15 bits per heavy atom. The SMILES string of the molecule is Nc1ccccc1C(=O)NNC(=O)c1cccnc1Oc1ccccc1. The number of hydrogen-bond acceptors (Lipinski definition) is 5. The molecule has 1 aromatic heterocycles. The Morgan fingerprint density at radius 1 is 0.808 bits per heavy atom. The van der Waals surface area contributed by atoms with Gasteiger partial charge < -0.3 is 10.5 Å². The minimum Gasteiger partial charge on any atom is -0.438 e. The van der Waals surface area contributed by atoms with E-state index in [0.29, 0.717) is 11.4 Å². The van der Waals surface area contributed by atoms with Crippen LogP contribution in [-0.4, -0.2) is 16.8 Å². The van der Waals surface area contributed by atoms with Gasteiger partial charge in [-0.3, -0.25) is 20.4 Å². The molecule has 0 spiro atoms. The molecule has 0 fully saturated rings. The number of rotatable bonds is 4. The molecule has 0 unspecified atom stereocenters. The van der Waals surface area contributed by atoms with Gasteiger partial charge in [-0.1, -0.05) is 30.3 Å². The van der Waals surface area contributed by atoms with Crippen LogP contribution in [0.3, 0.4) is 0 Å². The Morgan fingerprint density at radius 2 is 1.42 bits per heavy atom. The molecule has 7 nitrogen and oxygen atoms in total. The van der Waals surface area contributed by atoms with E-state index in [1.807, 2.05) is 18.2 Å². The molecule has 130 valence electrons. The van der Waals surface area contributed by atoms with Gasteiger partial charge in [0.1, 0.15) is 11.3 Å². The second-order valence-corrected chi connectivity index (χ2v) is 5.27. The van der Waals surface area contributed by atoms with Gasteiger partial charge in [-0.05, 0) is 36.4 Å². The van der Waals surface area contributed by atoms with Gasteiger partial charge in [0.25, 0.3) is 11.8 Å². The van der Waals surface area contributed by atoms with Gasteiger partial charge in [0.2, 0.25) is 5.88 Å². The predicted octanol–water partition coefficient (Wildman–Crippen LogP) is 2.53. The van der Waals surface area contributed by atoms with Crippen LogP contribution in [0.15, 0.2) is 72.9 Å². The quantitative estimate of drug-likeness (QED) is 0.496. The molecule has 0 aliphatic heterocycles. The van der Waals surface area contributed by atoms with Crippen molar-refractivity contribution in [2.24, 2.45) is 0 Å². The first-order valence-corrected chi connectivity index (χ1v) is 7.78. The van der Waals surface area contributed by atoms with E-state index in [9.17, 15) is 9.59 Å². The molecule has 7 heteroatoms.